The van der Waals surface area contributed by atoms with Gasteiger partial charge >= 0.3 is 0 Å². The minimum atomic E-state index is -3.73. The Morgan fingerprint density at radius 1 is 1.27 bits per heavy atom. The number of sulfonamides is 1. The van der Waals surface area contributed by atoms with Crippen LogP contribution >= 0.6 is 11.3 Å². The molecule has 0 radical (unpaired) electrons. The molecule has 2 heterocycles. The molecule has 0 unspecified atom stereocenters. The summed E-state index contributed by atoms with van der Waals surface area (Å²) in [5, 5.41) is 9.49. The predicted molar refractivity (Wildman–Crippen MR) is 106 cm³/mol. The maximum atomic E-state index is 11.6. The van der Waals surface area contributed by atoms with E-state index < -0.39 is 10.0 Å². The molecule has 0 aliphatic rings. The molecule has 2 N–H and O–H groups in total. The molecule has 2 aromatic heterocycles. The van der Waals surface area contributed by atoms with E-state index in [2.05, 4.69) is 40.3 Å². The molecule has 0 aliphatic carbocycles. The number of aryl methyl sites for hydroxylation is 1. The zero-order valence-electron chi connectivity index (χ0n) is 15.1. The topological polar surface area (TPSA) is 81.2 Å². The SMILES string of the molecule is CCCCn1c(CN(C)Cc2ccsc2)nc2cc(S(N)(=O)=O)ccc21. The Morgan fingerprint density at radius 3 is 2.73 bits per heavy atom. The molecule has 3 rings (SSSR count). The van der Waals surface area contributed by atoms with Crippen molar-refractivity contribution in [2.24, 2.45) is 5.14 Å². The molecule has 3 aromatic rings. The average molecular weight is 393 g/mol. The quantitative estimate of drug-likeness (QED) is 0.638. The molecule has 0 saturated heterocycles. The molecular formula is C18H24N4O2S2. The van der Waals surface area contributed by atoms with Crippen LogP contribution in [0, 0.1) is 0 Å². The molecule has 1 aromatic carbocycles. The number of hydrogen-bond donors (Lipinski definition) is 1. The molecule has 0 saturated carbocycles. The van der Waals surface area contributed by atoms with Gasteiger partial charge in [-0.15, -0.1) is 0 Å². The van der Waals surface area contributed by atoms with Gasteiger partial charge < -0.3 is 4.57 Å². The number of aromatic nitrogens is 2. The van der Waals surface area contributed by atoms with E-state index in [1.807, 2.05) is 0 Å². The van der Waals surface area contributed by atoms with E-state index in [1.54, 1.807) is 29.5 Å². The molecule has 0 aliphatic heterocycles. The van der Waals surface area contributed by atoms with Gasteiger partial charge in [0.05, 0.1) is 22.5 Å². The number of unbranched alkanes of at least 4 members (excludes halogenated alkanes) is 1. The fourth-order valence-corrected chi connectivity index (χ4v) is 4.21. The van der Waals surface area contributed by atoms with Crippen LogP contribution in [0.4, 0.5) is 0 Å². The lowest BCUT2D eigenvalue weighted by Gasteiger charge is -2.17. The molecule has 0 atom stereocenters. The highest BCUT2D eigenvalue weighted by molar-refractivity contribution is 7.89. The van der Waals surface area contributed by atoms with Gasteiger partial charge in [0.1, 0.15) is 5.82 Å². The van der Waals surface area contributed by atoms with E-state index in [1.165, 1.54) is 5.56 Å². The summed E-state index contributed by atoms with van der Waals surface area (Å²) in [5.41, 5.74) is 2.90. The Kier molecular flexibility index (Phi) is 5.76. The first-order valence-corrected chi connectivity index (χ1v) is 11.1. The lowest BCUT2D eigenvalue weighted by Crippen LogP contribution is -2.20. The molecular weight excluding hydrogens is 368 g/mol. The monoisotopic (exact) mass is 392 g/mol. The summed E-state index contributed by atoms with van der Waals surface area (Å²) in [6.07, 6.45) is 2.13. The summed E-state index contributed by atoms with van der Waals surface area (Å²) in [6, 6.07) is 7.05. The van der Waals surface area contributed by atoms with Crippen LogP contribution in [0.25, 0.3) is 11.0 Å². The first-order chi connectivity index (χ1) is 12.4. The molecule has 6 nitrogen and oxygen atoms in total. The molecule has 26 heavy (non-hydrogen) atoms. The zero-order chi connectivity index (χ0) is 18.7. The zero-order valence-corrected chi connectivity index (χ0v) is 16.7. The van der Waals surface area contributed by atoms with Gasteiger partial charge in [0.2, 0.25) is 10.0 Å². The fourth-order valence-electron chi connectivity index (χ4n) is 3.01. The third-order valence-electron chi connectivity index (χ3n) is 4.31. The maximum absolute atomic E-state index is 11.6. The number of fused-ring (bicyclic) bond motifs is 1. The Labute approximate surface area is 158 Å². The van der Waals surface area contributed by atoms with Crippen molar-refractivity contribution in [3.63, 3.8) is 0 Å². The van der Waals surface area contributed by atoms with Gasteiger partial charge in [0.25, 0.3) is 0 Å². The lowest BCUT2D eigenvalue weighted by atomic mass is 10.3. The highest BCUT2D eigenvalue weighted by Crippen LogP contribution is 2.22. The van der Waals surface area contributed by atoms with Crippen LogP contribution in [-0.4, -0.2) is 29.9 Å². The van der Waals surface area contributed by atoms with Crippen molar-refractivity contribution in [1.29, 1.82) is 0 Å². The number of primary sulfonamides is 1. The van der Waals surface area contributed by atoms with E-state index in [0.29, 0.717) is 12.1 Å². The van der Waals surface area contributed by atoms with Crippen molar-refractivity contribution < 1.29 is 8.42 Å². The average Bonchev–Trinajstić information content (AvgIpc) is 3.19. The van der Waals surface area contributed by atoms with E-state index in [-0.39, 0.29) is 4.90 Å². The van der Waals surface area contributed by atoms with Crippen LogP contribution in [-0.2, 0) is 29.7 Å². The summed E-state index contributed by atoms with van der Waals surface area (Å²) in [5.74, 6) is 0.942. The Morgan fingerprint density at radius 2 is 2.08 bits per heavy atom. The van der Waals surface area contributed by atoms with E-state index in [4.69, 9.17) is 10.1 Å². The van der Waals surface area contributed by atoms with Crippen molar-refractivity contribution in [1.82, 2.24) is 14.5 Å². The number of imidazole rings is 1. The number of benzene rings is 1. The van der Waals surface area contributed by atoms with Crippen LogP contribution in [0.5, 0.6) is 0 Å². The molecule has 8 heteroatoms. The van der Waals surface area contributed by atoms with Gasteiger partial charge in [0, 0.05) is 13.1 Å². The van der Waals surface area contributed by atoms with Crippen molar-refractivity contribution in [3.8, 4) is 0 Å². The van der Waals surface area contributed by atoms with Gasteiger partial charge in [-0.2, -0.15) is 11.3 Å². The van der Waals surface area contributed by atoms with Crippen molar-refractivity contribution in [2.75, 3.05) is 7.05 Å². The first-order valence-electron chi connectivity index (χ1n) is 8.60. The standard InChI is InChI=1S/C18H24N4O2S2/c1-3-4-8-22-17-6-5-15(26(19,23)24)10-16(17)20-18(22)12-21(2)11-14-7-9-25-13-14/h5-7,9-10,13H,3-4,8,11-12H2,1-2H3,(H2,19,23,24). The number of nitrogens with zero attached hydrogens (tertiary/aromatic N) is 3. The fraction of sp³-hybridized carbons (Fsp3) is 0.389. The Bertz CT molecular complexity index is 978. The van der Waals surface area contributed by atoms with Crippen molar-refractivity contribution >= 4 is 32.4 Å². The lowest BCUT2D eigenvalue weighted by molar-refractivity contribution is 0.305. The molecule has 0 bridgehead atoms. The van der Waals surface area contributed by atoms with Crippen molar-refractivity contribution in [2.45, 2.75) is 44.3 Å². The largest absolute Gasteiger partial charge is 0.327 e. The Balaban J connectivity index is 1.93. The maximum Gasteiger partial charge on any atom is 0.238 e. The van der Waals surface area contributed by atoms with Gasteiger partial charge in [-0.25, -0.2) is 18.5 Å². The van der Waals surface area contributed by atoms with Crippen LogP contribution in [0.15, 0.2) is 39.9 Å². The van der Waals surface area contributed by atoms with Crippen molar-refractivity contribution in [3.05, 3.63) is 46.4 Å². The highest BCUT2D eigenvalue weighted by Gasteiger charge is 2.16. The summed E-state index contributed by atoms with van der Waals surface area (Å²) in [7, 11) is -1.66. The van der Waals surface area contributed by atoms with Gasteiger partial charge in [-0.1, -0.05) is 13.3 Å². The van der Waals surface area contributed by atoms with Crippen LogP contribution < -0.4 is 5.14 Å². The molecule has 0 amide bonds. The van der Waals surface area contributed by atoms with E-state index >= 15 is 0 Å². The summed E-state index contributed by atoms with van der Waals surface area (Å²) < 4.78 is 25.5. The number of rotatable bonds is 8. The second-order valence-corrected chi connectivity index (χ2v) is 8.87. The predicted octanol–water partition coefficient (Wildman–Crippen LogP) is 3.18. The molecule has 0 fully saturated rings. The minimum Gasteiger partial charge on any atom is -0.327 e. The highest BCUT2D eigenvalue weighted by atomic mass is 32.2. The second kappa shape index (κ2) is 7.87. The minimum absolute atomic E-state index is 0.100. The molecule has 0 spiro atoms. The Hall–Kier alpha value is -1.74. The van der Waals surface area contributed by atoms with Gasteiger partial charge in [-0.05, 0) is 54.1 Å². The normalized spacial score (nSPS) is 12.3. The molecule has 140 valence electrons. The van der Waals surface area contributed by atoms with E-state index in [0.717, 1.165) is 37.3 Å². The summed E-state index contributed by atoms with van der Waals surface area (Å²) in [4.78, 5) is 7.03. The second-order valence-electron chi connectivity index (χ2n) is 6.53. The summed E-state index contributed by atoms with van der Waals surface area (Å²) in [6.45, 7) is 4.56. The third kappa shape index (κ3) is 4.32. The van der Waals surface area contributed by atoms with E-state index in [9.17, 15) is 8.42 Å². The number of nitrogens with two attached hydrogens (primary N) is 1. The van der Waals surface area contributed by atoms with Crippen LogP contribution in [0.2, 0.25) is 0 Å². The van der Waals surface area contributed by atoms with Crippen LogP contribution in [0.3, 0.4) is 0 Å². The smallest absolute Gasteiger partial charge is 0.238 e. The summed E-state index contributed by atoms with van der Waals surface area (Å²) >= 11 is 1.69. The first kappa shape index (κ1) is 19.0. The van der Waals surface area contributed by atoms with Gasteiger partial charge in [-0.3, -0.25) is 4.90 Å². The number of hydrogen-bond acceptors (Lipinski definition) is 5. The number of thiophene rings is 1. The third-order valence-corrected chi connectivity index (χ3v) is 5.95. The van der Waals surface area contributed by atoms with Crippen LogP contribution in [0.1, 0.15) is 31.2 Å². The van der Waals surface area contributed by atoms with Gasteiger partial charge in [0.15, 0.2) is 0 Å².